The smallest absolute Gasteiger partial charge is 0.0469 e. The van der Waals surface area contributed by atoms with Crippen molar-refractivity contribution in [2.24, 2.45) is 11.7 Å². The van der Waals surface area contributed by atoms with Crippen molar-refractivity contribution in [2.75, 3.05) is 13.2 Å². The Labute approximate surface area is 68.5 Å². The molecule has 2 nitrogen and oxygen atoms in total. The molecule has 0 bridgehead atoms. The van der Waals surface area contributed by atoms with Gasteiger partial charge in [-0.15, -0.1) is 12.4 Å². The third-order valence-corrected chi connectivity index (χ3v) is 2.01. The standard InChI is InChI=1S/C7H15NO.ClH/c1-6(8)7-2-4-9-5-3-7;/h6-7H,2-5,8H2,1H3;1H/t6-;/m0./s1. The van der Waals surface area contributed by atoms with Crippen molar-refractivity contribution in [2.45, 2.75) is 25.8 Å². The van der Waals surface area contributed by atoms with Gasteiger partial charge in [0.05, 0.1) is 0 Å². The molecule has 1 heterocycles. The number of ether oxygens (including phenoxy) is 1. The second kappa shape index (κ2) is 4.94. The molecule has 1 aliphatic heterocycles. The van der Waals surface area contributed by atoms with Crippen molar-refractivity contribution >= 4 is 12.4 Å². The minimum atomic E-state index is 0. The largest absolute Gasteiger partial charge is 0.381 e. The fraction of sp³-hybridized carbons (Fsp3) is 1.00. The van der Waals surface area contributed by atoms with Crippen molar-refractivity contribution < 1.29 is 4.74 Å². The summed E-state index contributed by atoms with van der Waals surface area (Å²) in [6, 6.07) is 0.355. The van der Waals surface area contributed by atoms with Crippen LogP contribution in [-0.2, 0) is 4.74 Å². The van der Waals surface area contributed by atoms with Gasteiger partial charge in [0.15, 0.2) is 0 Å². The zero-order valence-electron chi connectivity index (χ0n) is 6.38. The summed E-state index contributed by atoms with van der Waals surface area (Å²) >= 11 is 0. The number of nitrogens with two attached hydrogens (primary N) is 1. The third kappa shape index (κ3) is 2.86. The van der Waals surface area contributed by atoms with E-state index in [9.17, 15) is 0 Å². The van der Waals surface area contributed by atoms with Gasteiger partial charge in [-0.05, 0) is 25.7 Å². The highest BCUT2D eigenvalue weighted by atomic mass is 35.5. The molecule has 1 atom stereocenters. The minimum absolute atomic E-state index is 0. The summed E-state index contributed by atoms with van der Waals surface area (Å²) in [6.45, 7) is 3.90. The van der Waals surface area contributed by atoms with Crippen molar-refractivity contribution in [1.82, 2.24) is 0 Å². The molecule has 62 valence electrons. The molecule has 0 spiro atoms. The Kier molecular flexibility index (Phi) is 5.04. The highest BCUT2D eigenvalue weighted by Crippen LogP contribution is 2.16. The molecular formula is C7H16ClNO. The van der Waals surface area contributed by atoms with Crippen LogP contribution in [0.5, 0.6) is 0 Å². The van der Waals surface area contributed by atoms with Crippen molar-refractivity contribution in [3.63, 3.8) is 0 Å². The summed E-state index contributed by atoms with van der Waals surface area (Å²) in [4.78, 5) is 0. The topological polar surface area (TPSA) is 35.2 Å². The highest BCUT2D eigenvalue weighted by Gasteiger charge is 2.16. The Balaban J connectivity index is 0.000000810. The summed E-state index contributed by atoms with van der Waals surface area (Å²) in [5.74, 6) is 0.707. The lowest BCUT2D eigenvalue weighted by molar-refractivity contribution is 0.0603. The molecule has 0 aromatic heterocycles. The van der Waals surface area contributed by atoms with Gasteiger partial charge in [0.2, 0.25) is 0 Å². The first-order valence-electron chi connectivity index (χ1n) is 3.64. The summed E-state index contributed by atoms with van der Waals surface area (Å²) in [6.07, 6.45) is 2.30. The SMILES string of the molecule is C[C@H](N)C1CCOCC1.Cl. The Morgan fingerprint density at radius 2 is 1.90 bits per heavy atom. The molecule has 0 amide bonds. The number of rotatable bonds is 1. The minimum Gasteiger partial charge on any atom is -0.381 e. The van der Waals surface area contributed by atoms with Gasteiger partial charge in [0.25, 0.3) is 0 Å². The van der Waals surface area contributed by atoms with E-state index in [4.69, 9.17) is 10.5 Å². The van der Waals surface area contributed by atoms with Gasteiger partial charge in [0.1, 0.15) is 0 Å². The summed E-state index contributed by atoms with van der Waals surface area (Å²) < 4.78 is 5.19. The van der Waals surface area contributed by atoms with E-state index in [2.05, 4.69) is 6.92 Å². The van der Waals surface area contributed by atoms with E-state index in [0.717, 1.165) is 26.1 Å². The predicted octanol–water partition coefficient (Wildman–Crippen LogP) is 1.18. The van der Waals surface area contributed by atoms with Gasteiger partial charge < -0.3 is 10.5 Å². The fourth-order valence-electron chi connectivity index (χ4n) is 1.24. The van der Waals surface area contributed by atoms with Gasteiger partial charge in [0, 0.05) is 19.3 Å². The van der Waals surface area contributed by atoms with E-state index in [1.54, 1.807) is 0 Å². The van der Waals surface area contributed by atoms with Crippen LogP contribution in [-0.4, -0.2) is 19.3 Å². The second-order valence-electron chi connectivity index (χ2n) is 2.81. The third-order valence-electron chi connectivity index (χ3n) is 2.01. The van der Waals surface area contributed by atoms with E-state index in [-0.39, 0.29) is 12.4 Å². The zero-order chi connectivity index (χ0) is 6.69. The van der Waals surface area contributed by atoms with Crippen molar-refractivity contribution in [3.05, 3.63) is 0 Å². The van der Waals surface area contributed by atoms with Crippen LogP contribution in [0.3, 0.4) is 0 Å². The van der Waals surface area contributed by atoms with Crippen LogP contribution >= 0.6 is 12.4 Å². The van der Waals surface area contributed by atoms with Crippen LogP contribution in [0.2, 0.25) is 0 Å². The fourth-order valence-corrected chi connectivity index (χ4v) is 1.24. The maximum Gasteiger partial charge on any atom is 0.0469 e. The Morgan fingerprint density at radius 3 is 2.20 bits per heavy atom. The normalized spacial score (nSPS) is 23.4. The van der Waals surface area contributed by atoms with Crippen LogP contribution in [0.25, 0.3) is 0 Å². The van der Waals surface area contributed by atoms with Gasteiger partial charge in [-0.3, -0.25) is 0 Å². The lowest BCUT2D eigenvalue weighted by Crippen LogP contribution is -2.31. The molecule has 10 heavy (non-hydrogen) atoms. The molecule has 0 aliphatic carbocycles. The van der Waals surface area contributed by atoms with E-state index in [0.29, 0.717) is 12.0 Å². The van der Waals surface area contributed by atoms with Crippen LogP contribution in [0.15, 0.2) is 0 Å². The van der Waals surface area contributed by atoms with Crippen LogP contribution < -0.4 is 5.73 Å². The molecular weight excluding hydrogens is 150 g/mol. The van der Waals surface area contributed by atoms with E-state index in [1.807, 2.05) is 0 Å². The van der Waals surface area contributed by atoms with Gasteiger partial charge in [-0.1, -0.05) is 0 Å². The monoisotopic (exact) mass is 165 g/mol. The van der Waals surface area contributed by atoms with Gasteiger partial charge >= 0.3 is 0 Å². The van der Waals surface area contributed by atoms with E-state index >= 15 is 0 Å². The first-order chi connectivity index (χ1) is 4.30. The second-order valence-corrected chi connectivity index (χ2v) is 2.81. The molecule has 3 heteroatoms. The maximum atomic E-state index is 5.71. The molecule has 1 saturated heterocycles. The molecule has 1 rings (SSSR count). The summed E-state index contributed by atoms with van der Waals surface area (Å²) in [5.41, 5.74) is 5.71. The average molecular weight is 166 g/mol. The first-order valence-corrected chi connectivity index (χ1v) is 3.64. The number of hydrogen-bond acceptors (Lipinski definition) is 2. The molecule has 0 saturated carbocycles. The molecule has 0 unspecified atom stereocenters. The Bertz CT molecular complexity index is 81.7. The van der Waals surface area contributed by atoms with Crippen molar-refractivity contribution in [3.8, 4) is 0 Å². The van der Waals surface area contributed by atoms with Crippen LogP contribution in [0, 0.1) is 5.92 Å². The van der Waals surface area contributed by atoms with E-state index < -0.39 is 0 Å². The highest BCUT2D eigenvalue weighted by molar-refractivity contribution is 5.85. The molecule has 2 N–H and O–H groups in total. The molecule has 1 fully saturated rings. The number of halogens is 1. The summed E-state index contributed by atoms with van der Waals surface area (Å²) in [7, 11) is 0. The molecule has 0 aromatic rings. The Hall–Kier alpha value is 0.210. The quantitative estimate of drug-likeness (QED) is 0.634. The average Bonchev–Trinajstić information content (AvgIpc) is 1.90. The van der Waals surface area contributed by atoms with E-state index in [1.165, 1.54) is 0 Å². The summed E-state index contributed by atoms with van der Waals surface area (Å²) in [5, 5.41) is 0. The predicted molar refractivity (Wildman–Crippen MR) is 44.4 cm³/mol. The molecule has 0 aromatic carbocycles. The maximum absolute atomic E-state index is 5.71. The van der Waals surface area contributed by atoms with Crippen LogP contribution in [0.1, 0.15) is 19.8 Å². The number of hydrogen-bond donors (Lipinski definition) is 1. The van der Waals surface area contributed by atoms with Gasteiger partial charge in [-0.25, -0.2) is 0 Å². The van der Waals surface area contributed by atoms with Gasteiger partial charge in [-0.2, -0.15) is 0 Å². The molecule has 1 aliphatic rings. The zero-order valence-corrected chi connectivity index (χ0v) is 7.19. The first kappa shape index (κ1) is 10.2. The lowest BCUT2D eigenvalue weighted by Gasteiger charge is -2.24. The lowest BCUT2D eigenvalue weighted by atomic mass is 9.94. The Morgan fingerprint density at radius 1 is 1.40 bits per heavy atom. The van der Waals surface area contributed by atoms with Crippen LogP contribution in [0.4, 0.5) is 0 Å². The van der Waals surface area contributed by atoms with Crippen molar-refractivity contribution in [1.29, 1.82) is 0 Å². The molecule has 0 radical (unpaired) electrons.